The molecule has 0 unspecified atom stereocenters. The molecule has 0 saturated heterocycles. The van der Waals surface area contributed by atoms with Crippen LogP contribution in [0.5, 0.6) is 5.75 Å². The van der Waals surface area contributed by atoms with E-state index in [1.165, 1.54) is 0 Å². The summed E-state index contributed by atoms with van der Waals surface area (Å²) < 4.78 is 10.4. The van der Waals surface area contributed by atoms with E-state index in [0.717, 1.165) is 0 Å². The highest BCUT2D eigenvalue weighted by molar-refractivity contribution is 6.32. The highest BCUT2D eigenvalue weighted by atomic mass is 35.5. The summed E-state index contributed by atoms with van der Waals surface area (Å²) in [5, 5.41) is 0.540. The van der Waals surface area contributed by atoms with Gasteiger partial charge in [-0.25, -0.2) is 0 Å². The van der Waals surface area contributed by atoms with Crippen LogP contribution in [0.25, 0.3) is 0 Å². The van der Waals surface area contributed by atoms with E-state index in [9.17, 15) is 4.79 Å². The minimum Gasteiger partial charge on any atom is -0.489 e. The summed E-state index contributed by atoms with van der Waals surface area (Å²) in [5.74, 6) is 0.322. The number of benzene rings is 1. The fourth-order valence-electron chi connectivity index (χ4n) is 1.25. The van der Waals surface area contributed by atoms with Crippen molar-refractivity contribution < 1.29 is 14.3 Å². The summed E-state index contributed by atoms with van der Waals surface area (Å²) >= 11 is 5.92. The Morgan fingerprint density at radius 1 is 1.44 bits per heavy atom. The van der Waals surface area contributed by atoms with Crippen molar-refractivity contribution in [2.75, 3.05) is 6.61 Å². The zero-order valence-electron chi connectivity index (χ0n) is 9.40. The summed E-state index contributed by atoms with van der Waals surface area (Å²) in [4.78, 5) is 11.2. The van der Waals surface area contributed by atoms with Gasteiger partial charge in [0, 0.05) is 0 Å². The van der Waals surface area contributed by atoms with Crippen molar-refractivity contribution in [3.8, 4) is 5.75 Å². The smallest absolute Gasteiger partial charge is 0.309 e. The van der Waals surface area contributed by atoms with Gasteiger partial charge in [0.1, 0.15) is 11.9 Å². The van der Waals surface area contributed by atoms with Crippen molar-refractivity contribution in [3.63, 3.8) is 0 Å². The standard InChI is InChI=1S/C12H15ClO3/c1-3-15-12(14)8-9(2)16-11-7-5-4-6-10(11)13/h4-7,9H,3,8H2,1-2H3/t9-/m1/s1. The quantitative estimate of drug-likeness (QED) is 0.745. The second-order valence-electron chi connectivity index (χ2n) is 3.37. The molecule has 0 bridgehead atoms. The van der Waals surface area contributed by atoms with Crippen LogP contribution in [-0.2, 0) is 9.53 Å². The Labute approximate surface area is 100 Å². The van der Waals surface area contributed by atoms with Crippen LogP contribution in [0, 0.1) is 0 Å². The lowest BCUT2D eigenvalue weighted by atomic mass is 10.3. The molecule has 88 valence electrons. The van der Waals surface area contributed by atoms with Gasteiger partial charge in [-0.1, -0.05) is 23.7 Å². The molecular weight excluding hydrogens is 228 g/mol. The van der Waals surface area contributed by atoms with Gasteiger partial charge in [0.2, 0.25) is 0 Å². The predicted octanol–water partition coefficient (Wildman–Crippen LogP) is 3.06. The van der Waals surface area contributed by atoms with E-state index in [0.29, 0.717) is 17.4 Å². The van der Waals surface area contributed by atoms with Crippen molar-refractivity contribution in [2.45, 2.75) is 26.4 Å². The highest BCUT2D eigenvalue weighted by Gasteiger charge is 2.12. The highest BCUT2D eigenvalue weighted by Crippen LogP contribution is 2.24. The minimum atomic E-state index is -0.262. The fraction of sp³-hybridized carbons (Fsp3) is 0.417. The number of halogens is 1. The molecule has 1 atom stereocenters. The number of hydrogen-bond acceptors (Lipinski definition) is 3. The number of carbonyl (C=O) groups excluding carboxylic acids is 1. The molecule has 1 aromatic rings. The van der Waals surface area contributed by atoms with Gasteiger partial charge in [-0.15, -0.1) is 0 Å². The Balaban J connectivity index is 2.48. The van der Waals surface area contributed by atoms with Gasteiger partial charge in [0.05, 0.1) is 18.1 Å². The average Bonchev–Trinajstić information content (AvgIpc) is 2.21. The third-order valence-corrected chi connectivity index (χ3v) is 2.24. The molecule has 1 rings (SSSR count). The number of ether oxygens (including phenoxy) is 2. The normalized spacial score (nSPS) is 11.9. The number of carbonyl (C=O) groups is 1. The molecular formula is C12H15ClO3. The summed E-state index contributed by atoms with van der Waals surface area (Å²) in [6, 6.07) is 7.17. The lowest BCUT2D eigenvalue weighted by Gasteiger charge is -2.14. The number of rotatable bonds is 5. The first-order valence-electron chi connectivity index (χ1n) is 5.20. The lowest BCUT2D eigenvalue weighted by molar-refractivity contribution is -0.144. The topological polar surface area (TPSA) is 35.5 Å². The fourth-order valence-corrected chi connectivity index (χ4v) is 1.43. The predicted molar refractivity (Wildman–Crippen MR) is 62.8 cm³/mol. The minimum absolute atomic E-state index is 0.221. The zero-order chi connectivity index (χ0) is 12.0. The first-order chi connectivity index (χ1) is 7.63. The van der Waals surface area contributed by atoms with Crippen LogP contribution >= 0.6 is 11.6 Å². The van der Waals surface area contributed by atoms with Crippen LogP contribution in [0.4, 0.5) is 0 Å². The third-order valence-electron chi connectivity index (χ3n) is 1.92. The van der Waals surface area contributed by atoms with E-state index >= 15 is 0 Å². The molecule has 0 fully saturated rings. The van der Waals surface area contributed by atoms with Gasteiger partial charge in [-0.05, 0) is 26.0 Å². The van der Waals surface area contributed by atoms with Crippen LogP contribution in [0.15, 0.2) is 24.3 Å². The third kappa shape index (κ3) is 4.11. The molecule has 0 aromatic heterocycles. The van der Waals surface area contributed by atoms with E-state index in [4.69, 9.17) is 21.1 Å². The van der Waals surface area contributed by atoms with Gasteiger partial charge < -0.3 is 9.47 Å². The van der Waals surface area contributed by atoms with E-state index in [1.807, 2.05) is 12.1 Å². The second-order valence-corrected chi connectivity index (χ2v) is 3.78. The Kier molecular flexibility index (Phi) is 5.12. The van der Waals surface area contributed by atoms with E-state index in [1.54, 1.807) is 26.0 Å². The Bertz CT molecular complexity index is 352. The maximum absolute atomic E-state index is 11.2. The van der Waals surface area contributed by atoms with E-state index < -0.39 is 0 Å². The molecule has 4 heteroatoms. The second kappa shape index (κ2) is 6.38. The lowest BCUT2D eigenvalue weighted by Crippen LogP contribution is -2.18. The molecule has 1 aromatic carbocycles. The average molecular weight is 243 g/mol. The Hall–Kier alpha value is -1.22. The molecule has 0 aliphatic rings. The maximum atomic E-state index is 11.2. The number of para-hydroxylation sites is 1. The van der Waals surface area contributed by atoms with Gasteiger partial charge >= 0.3 is 5.97 Å². The summed E-state index contributed by atoms with van der Waals surface area (Å²) in [6.45, 7) is 3.97. The molecule has 16 heavy (non-hydrogen) atoms. The number of esters is 1. The molecule has 0 spiro atoms. The van der Waals surface area contributed by atoms with Crippen LogP contribution in [0.1, 0.15) is 20.3 Å². The van der Waals surface area contributed by atoms with Crippen molar-refractivity contribution in [1.29, 1.82) is 0 Å². The maximum Gasteiger partial charge on any atom is 0.309 e. The first-order valence-corrected chi connectivity index (χ1v) is 5.58. The molecule has 0 heterocycles. The molecule has 0 amide bonds. The van der Waals surface area contributed by atoms with Crippen molar-refractivity contribution in [3.05, 3.63) is 29.3 Å². The van der Waals surface area contributed by atoms with Gasteiger partial charge in [0.25, 0.3) is 0 Å². The summed E-state index contributed by atoms with van der Waals surface area (Å²) in [7, 11) is 0. The van der Waals surface area contributed by atoms with Crippen LogP contribution in [-0.4, -0.2) is 18.7 Å². The first kappa shape index (κ1) is 12.8. The molecule has 0 N–H and O–H groups in total. The largest absolute Gasteiger partial charge is 0.489 e. The van der Waals surface area contributed by atoms with E-state index in [2.05, 4.69) is 0 Å². The van der Waals surface area contributed by atoms with Crippen molar-refractivity contribution in [1.82, 2.24) is 0 Å². The van der Waals surface area contributed by atoms with Gasteiger partial charge in [-0.3, -0.25) is 4.79 Å². The summed E-state index contributed by atoms with van der Waals surface area (Å²) in [5.41, 5.74) is 0. The molecule has 0 radical (unpaired) electrons. The molecule has 0 aliphatic carbocycles. The van der Waals surface area contributed by atoms with Gasteiger partial charge in [-0.2, -0.15) is 0 Å². The monoisotopic (exact) mass is 242 g/mol. The Morgan fingerprint density at radius 3 is 2.75 bits per heavy atom. The molecule has 0 aliphatic heterocycles. The SMILES string of the molecule is CCOC(=O)C[C@@H](C)Oc1ccccc1Cl. The van der Waals surface area contributed by atoms with Gasteiger partial charge in [0.15, 0.2) is 0 Å². The summed E-state index contributed by atoms with van der Waals surface area (Å²) in [6.07, 6.45) is -0.0297. The molecule has 3 nitrogen and oxygen atoms in total. The zero-order valence-corrected chi connectivity index (χ0v) is 10.2. The van der Waals surface area contributed by atoms with Crippen LogP contribution in [0.3, 0.4) is 0 Å². The van der Waals surface area contributed by atoms with E-state index in [-0.39, 0.29) is 18.5 Å². The van der Waals surface area contributed by atoms with Crippen LogP contribution in [0.2, 0.25) is 5.02 Å². The van der Waals surface area contributed by atoms with Crippen LogP contribution < -0.4 is 4.74 Å². The van der Waals surface area contributed by atoms with Crippen molar-refractivity contribution in [2.24, 2.45) is 0 Å². The molecule has 0 saturated carbocycles. The Morgan fingerprint density at radius 2 is 2.12 bits per heavy atom. The van der Waals surface area contributed by atoms with Crippen molar-refractivity contribution >= 4 is 17.6 Å². The number of hydrogen-bond donors (Lipinski definition) is 0.